The van der Waals surface area contributed by atoms with Crippen LogP contribution in [0.2, 0.25) is 0 Å². The topological polar surface area (TPSA) is 26.3 Å². The van der Waals surface area contributed by atoms with Gasteiger partial charge in [0.25, 0.3) is 0 Å². The molecule has 0 saturated heterocycles. The van der Waals surface area contributed by atoms with E-state index in [-0.39, 0.29) is 5.78 Å². The molecule has 0 aliphatic heterocycles. The van der Waals surface area contributed by atoms with Crippen LogP contribution in [0, 0.1) is 6.92 Å². The van der Waals surface area contributed by atoms with Gasteiger partial charge in [0.1, 0.15) is 12.4 Å². The van der Waals surface area contributed by atoms with Gasteiger partial charge in [0, 0.05) is 16.5 Å². The van der Waals surface area contributed by atoms with E-state index in [1.54, 1.807) is 0 Å². The Hall–Kier alpha value is -1.61. The highest BCUT2D eigenvalue weighted by molar-refractivity contribution is 9.10. The summed E-state index contributed by atoms with van der Waals surface area (Å²) >= 11 is 3.60. The van der Waals surface area contributed by atoms with Gasteiger partial charge >= 0.3 is 0 Å². The number of carbonyl (C=O) groups is 1. The summed E-state index contributed by atoms with van der Waals surface area (Å²) in [6.07, 6.45) is 3.33. The van der Waals surface area contributed by atoms with Crippen molar-refractivity contribution in [2.24, 2.45) is 0 Å². The lowest BCUT2D eigenvalue weighted by molar-refractivity contribution is 0.0980. The molecule has 0 aliphatic carbocycles. The summed E-state index contributed by atoms with van der Waals surface area (Å²) < 4.78 is 6.89. The van der Waals surface area contributed by atoms with Gasteiger partial charge in [-0.3, -0.25) is 4.79 Å². The predicted molar refractivity (Wildman–Crippen MR) is 103 cm³/mol. The van der Waals surface area contributed by atoms with Gasteiger partial charge in [-0.15, -0.1) is 0 Å². The Bertz CT molecular complexity index is 693. The normalized spacial score (nSPS) is 10.7. The number of rotatable bonds is 8. The second-order valence-electron chi connectivity index (χ2n) is 6.03. The fourth-order valence-corrected chi connectivity index (χ4v) is 3.55. The highest BCUT2D eigenvalue weighted by Crippen LogP contribution is 2.34. The number of hydrogen-bond acceptors (Lipinski definition) is 2. The van der Waals surface area contributed by atoms with Crippen molar-refractivity contribution in [3.63, 3.8) is 0 Å². The van der Waals surface area contributed by atoms with Crippen LogP contribution >= 0.6 is 15.9 Å². The van der Waals surface area contributed by atoms with E-state index in [4.69, 9.17) is 4.74 Å². The zero-order valence-corrected chi connectivity index (χ0v) is 16.3. The average Bonchev–Trinajstić information content (AvgIpc) is 2.58. The average molecular weight is 389 g/mol. The van der Waals surface area contributed by atoms with Crippen LogP contribution in [0.1, 0.15) is 60.2 Å². The fraction of sp³-hybridized carbons (Fsp3) is 0.381. The number of Topliss-reactive ketones (excluding diaryl/α,β-unsaturated/α-hetero) is 1. The molecule has 0 fully saturated rings. The SMILES string of the molecule is CCCC(=O)c1c(Br)cc(OCc2ccccc2)c(C)c1CCC. The van der Waals surface area contributed by atoms with Gasteiger partial charge in [0.2, 0.25) is 0 Å². The zero-order chi connectivity index (χ0) is 17.5. The number of carbonyl (C=O) groups excluding carboxylic acids is 1. The van der Waals surface area contributed by atoms with Crippen LogP contribution < -0.4 is 4.74 Å². The smallest absolute Gasteiger partial charge is 0.164 e. The molecule has 0 amide bonds. The largest absolute Gasteiger partial charge is 0.489 e. The van der Waals surface area contributed by atoms with Crippen molar-refractivity contribution in [3.8, 4) is 5.75 Å². The zero-order valence-electron chi connectivity index (χ0n) is 14.7. The number of ether oxygens (including phenoxy) is 1. The van der Waals surface area contributed by atoms with E-state index in [0.29, 0.717) is 13.0 Å². The van der Waals surface area contributed by atoms with Gasteiger partial charge in [0.15, 0.2) is 5.78 Å². The molecule has 0 atom stereocenters. The number of hydrogen-bond donors (Lipinski definition) is 0. The lowest BCUT2D eigenvalue weighted by Crippen LogP contribution is -2.09. The van der Waals surface area contributed by atoms with Crippen molar-refractivity contribution in [2.45, 2.75) is 53.1 Å². The Morgan fingerprint density at radius 1 is 1.12 bits per heavy atom. The second kappa shape index (κ2) is 9.03. The van der Waals surface area contributed by atoms with Gasteiger partial charge in [0.05, 0.1) is 0 Å². The van der Waals surface area contributed by atoms with E-state index >= 15 is 0 Å². The summed E-state index contributed by atoms with van der Waals surface area (Å²) in [5, 5.41) is 0. The van der Waals surface area contributed by atoms with Gasteiger partial charge in [-0.05, 0) is 58.5 Å². The molecule has 24 heavy (non-hydrogen) atoms. The number of ketones is 1. The highest BCUT2D eigenvalue weighted by Gasteiger charge is 2.19. The molecule has 0 spiro atoms. The maximum atomic E-state index is 12.5. The first-order valence-corrected chi connectivity index (χ1v) is 9.39. The first kappa shape index (κ1) is 18.7. The summed E-state index contributed by atoms with van der Waals surface area (Å²) in [7, 11) is 0. The lowest BCUT2D eigenvalue weighted by atomic mass is 9.93. The standard InChI is InChI=1S/C21H25BrO2/c1-4-9-17-15(3)20(24-14-16-11-7-6-8-12-16)13-18(22)21(17)19(23)10-5-2/h6-8,11-13H,4-5,9-10,14H2,1-3H3. The van der Waals surface area contributed by atoms with E-state index < -0.39 is 0 Å². The van der Waals surface area contributed by atoms with Crippen molar-refractivity contribution < 1.29 is 9.53 Å². The maximum absolute atomic E-state index is 12.5. The summed E-state index contributed by atoms with van der Waals surface area (Å²) in [6, 6.07) is 12.1. The molecule has 0 N–H and O–H groups in total. The van der Waals surface area contributed by atoms with Gasteiger partial charge < -0.3 is 4.74 Å². The molecular formula is C21H25BrO2. The fourth-order valence-electron chi connectivity index (χ4n) is 2.88. The van der Waals surface area contributed by atoms with Gasteiger partial charge in [-0.1, -0.05) is 50.6 Å². The van der Waals surface area contributed by atoms with Gasteiger partial charge in [-0.25, -0.2) is 0 Å². The Morgan fingerprint density at radius 3 is 2.46 bits per heavy atom. The Labute approximate surface area is 153 Å². The lowest BCUT2D eigenvalue weighted by Gasteiger charge is -2.18. The Balaban J connectivity index is 2.34. The van der Waals surface area contributed by atoms with Crippen LogP contribution in [0.5, 0.6) is 5.75 Å². The van der Waals surface area contributed by atoms with Crippen LogP contribution in [-0.2, 0) is 13.0 Å². The third-order valence-corrected chi connectivity index (χ3v) is 4.74. The predicted octanol–water partition coefficient (Wildman–Crippen LogP) is 6.27. The molecule has 3 heteroatoms. The molecule has 128 valence electrons. The van der Waals surface area contributed by atoms with E-state index in [1.165, 1.54) is 0 Å². The summed E-state index contributed by atoms with van der Waals surface area (Å²) in [5.41, 5.74) is 4.17. The first-order valence-electron chi connectivity index (χ1n) is 8.60. The molecule has 0 saturated carbocycles. The highest BCUT2D eigenvalue weighted by atomic mass is 79.9. The third kappa shape index (κ3) is 4.47. The van der Waals surface area contributed by atoms with Crippen molar-refractivity contribution >= 4 is 21.7 Å². The van der Waals surface area contributed by atoms with E-state index in [9.17, 15) is 4.79 Å². The van der Waals surface area contributed by atoms with Crippen molar-refractivity contribution in [2.75, 3.05) is 0 Å². The third-order valence-electron chi connectivity index (χ3n) is 4.11. The molecule has 0 aromatic heterocycles. The minimum Gasteiger partial charge on any atom is -0.489 e. The summed E-state index contributed by atoms with van der Waals surface area (Å²) in [4.78, 5) is 12.5. The molecule has 2 rings (SSSR count). The summed E-state index contributed by atoms with van der Waals surface area (Å²) in [5.74, 6) is 1.06. The monoisotopic (exact) mass is 388 g/mol. The van der Waals surface area contributed by atoms with E-state index in [0.717, 1.165) is 51.7 Å². The molecular weight excluding hydrogens is 364 g/mol. The summed E-state index contributed by atoms with van der Waals surface area (Å²) in [6.45, 7) is 6.76. The Morgan fingerprint density at radius 2 is 1.83 bits per heavy atom. The van der Waals surface area contributed by atoms with Crippen molar-refractivity contribution in [3.05, 3.63) is 63.1 Å². The van der Waals surface area contributed by atoms with Crippen LogP contribution in [-0.4, -0.2) is 5.78 Å². The molecule has 0 bridgehead atoms. The molecule has 0 aliphatic rings. The van der Waals surface area contributed by atoms with E-state index in [2.05, 4.69) is 41.9 Å². The molecule has 2 nitrogen and oxygen atoms in total. The molecule has 0 radical (unpaired) electrons. The minimum atomic E-state index is 0.213. The molecule has 0 unspecified atom stereocenters. The Kier molecular flexibility index (Phi) is 7.04. The van der Waals surface area contributed by atoms with Crippen molar-refractivity contribution in [1.82, 2.24) is 0 Å². The molecule has 2 aromatic rings. The van der Waals surface area contributed by atoms with Crippen LogP contribution in [0.4, 0.5) is 0 Å². The minimum absolute atomic E-state index is 0.213. The quantitative estimate of drug-likeness (QED) is 0.497. The van der Waals surface area contributed by atoms with Crippen LogP contribution in [0.25, 0.3) is 0 Å². The van der Waals surface area contributed by atoms with Crippen LogP contribution in [0.15, 0.2) is 40.9 Å². The number of halogens is 1. The molecule has 2 aromatic carbocycles. The van der Waals surface area contributed by atoms with Gasteiger partial charge in [-0.2, -0.15) is 0 Å². The maximum Gasteiger partial charge on any atom is 0.164 e. The van der Waals surface area contributed by atoms with Crippen LogP contribution in [0.3, 0.4) is 0 Å². The number of benzene rings is 2. The van der Waals surface area contributed by atoms with E-state index in [1.807, 2.05) is 31.2 Å². The molecule has 0 heterocycles. The van der Waals surface area contributed by atoms with Crippen molar-refractivity contribution in [1.29, 1.82) is 0 Å². The first-order chi connectivity index (χ1) is 11.6. The second-order valence-corrected chi connectivity index (χ2v) is 6.89.